The largest absolute Gasteiger partial charge is 0.320 e. The van der Waals surface area contributed by atoms with Gasteiger partial charge in [-0.3, -0.25) is 0 Å². The summed E-state index contributed by atoms with van der Waals surface area (Å²) in [6, 6.07) is 9.67. The van der Waals surface area contributed by atoms with E-state index >= 15 is 0 Å². The van der Waals surface area contributed by atoms with Crippen molar-refractivity contribution in [1.29, 1.82) is 0 Å². The van der Waals surface area contributed by atoms with Crippen LogP contribution in [-0.2, 0) is 0 Å². The Morgan fingerprint density at radius 3 is 2.56 bits per heavy atom. The second kappa shape index (κ2) is 5.39. The predicted molar refractivity (Wildman–Crippen MR) is 76.3 cm³/mol. The highest BCUT2D eigenvalue weighted by Crippen LogP contribution is 2.30. The van der Waals surface area contributed by atoms with Gasteiger partial charge in [0.25, 0.3) is 0 Å². The summed E-state index contributed by atoms with van der Waals surface area (Å²) in [5.41, 5.74) is 8.65. The summed E-state index contributed by atoms with van der Waals surface area (Å²) >= 11 is 9.51. The van der Waals surface area contributed by atoms with Crippen molar-refractivity contribution in [2.75, 3.05) is 0 Å². The van der Waals surface area contributed by atoms with Crippen LogP contribution >= 0.6 is 27.5 Å². The van der Waals surface area contributed by atoms with Gasteiger partial charge in [0.05, 0.1) is 6.04 Å². The van der Waals surface area contributed by atoms with Gasteiger partial charge >= 0.3 is 0 Å². The second-order valence-electron chi connectivity index (χ2n) is 4.14. The zero-order valence-electron chi connectivity index (χ0n) is 9.75. The highest BCUT2D eigenvalue weighted by Gasteiger charge is 2.15. The van der Waals surface area contributed by atoms with E-state index in [1.165, 1.54) is 12.1 Å². The lowest BCUT2D eigenvalue weighted by atomic mass is 9.96. The first-order valence-corrected chi connectivity index (χ1v) is 6.62. The molecule has 1 nitrogen and oxygen atoms in total. The first-order valence-electron chi connectivity index (χ1n) is 5.45. The number of benzene rings is 2. The first-order chi connectivity index (χ1) is 8.49. The van der Waals surface area contributed by atoms with E-state index in [2.05, 4.69) is 15.9 Å². The summed E-state index contributed by atoms with van der Waals surface area (Å²) in [6.07, 6.45) is 0. The number of nitrogens with two attached hydrogens (primary N) is 1. The number of aryl methyl sites for hydroxylation is 1. The predicted octanol–water partition coefficient (Wildman–Crippen LogP) is 4.60. The van der Waals surface area contributed by atoms with Crippen LogP contribution < -0.4 is 5.73 Å². The molecule has 1 atom stereocenters. The Balaban J connectivity index is 2.47. The molecule has 2 rings (SSSR count). The molecule has 0 radical (unpaired) electrons. The van der Waals surface area contributed by atoms with Crippen molar-refractivity contribution in [2.45, 2.75) is 13.0 Å². The van der Waals surface area contributed by atoms with Crippen molar-refractivity contribution < 1.29 is 4.39 Å². The highest BCUT2D eigenvalue weighted by atomic mass is 79.9. The third kappa shape index (κ3) is 2.74. The van der Waals surface area contributed by atoms with Crippen LogP contribution in [0.3, 0.4) is 0 Å². The van der Waals surface area contributed by atoms with Crippen LogP contribution in [0.2, 0.25) is 5.02 Å². The number of halogens is 3. The fourth-order valence-corrected chi connectivity index (χ4v) is 2.66. The summed E-state index contributed by atoms with van der Waals surface area (Å²) < 4.78 is 14.2. The maximum atomic E-state index is 13.3. The maximum Gasteiger partial charge on any atom is 0.123 e. The normalized spacial score (nSPS) is 12.5. The Morgan fingerprint density at radius 2 is 1.89 bits per heavy atom. The van der Waals surface area contributed by atoms with Crippen molar-refractivity contribution in [1.82, 2.24) is 0 Å². The lowest BCUT2D eigenvalue weighted by Crippen LogP contribution is -2.14. The maximum absolute atomic E-state index is 13.3. The van der Waals surface area contributed by atoms with Crippen LogP contribution in [0.25, 0.3) is 0 Å². The molecule has 2 aromatic carbocycles. The van der Waals surface area contributed by atoms with Crippen molar-refractivity contribution in [3.63, 3.8) is 0 Å². The molecule has 0 saturated carbocycles. The van der Waals surface area contributed by atoms with E-state index in [-0.39, 0.29) is 5.82 Å². The third-order valence-corrected chi connectivity index (χ3v) is 3.69. The van der Waals surface area contributed by atoms with Crippen molar-refractivity contribution in [2.24, 2.45) is 5.73 Å². The summed E-state index contributed by atoms with van der Waals surface area (Å²) in [7, 11) is 0. The van der Waals surface area contributed by atoms with Gasteiger partial charge in [0.2, 0.25) is 0 Å². The Kier molecular flexibility index (Phi) is 4.05. The van der Waals surface area contributed by atoms with Crippen LogP contribution in [0.15, 0.2) is 40.9 Å². The molecule has 18 heavy (non-hydrogen) atoms. The minimum absolute atomic E-state index is 0.292. The van der Waals surface area contributed by atoms with Crippen LogP contribution in [0.4, 0.5) is 4.39 Å². The minimum atomic E-state index is -0.429. The molecule has 0 amide bonds. The summed E-state index contributed by atoms with van der Waals surface area (Å²) in [6.45, 7) is 1.90. The van der Waals surface area contributed by atoms with E-state index in [4.69, 9.17) is 17.3 Å². The second-order valence-corrected chi connectivity index (χ2v) is 5.47. The standard InChI is InChI=1S/C14H12BrClFN/c1-8-2-4-10(17)7-12(8)14(18)11-5-3-9(15)6-13(11)16/h2-7,14H,18H2,1H3. The molecular formula is C14H12BrClFN. The Hall–Kier alpha value is -0.900. The topological polar surface area (TPSA) is 26.0 Å². The van der Waals surface area contributed by atoms with Crippen LogP contribution in [0.1, 0.15) is 22.7 Å². The molecule has 1 unspecified atom stereocenters. The van der Waals surface area contributed by atoms with Gasteiger partial charge in [0.1, 0.15) is 5.82 Å². The van der Waals surface area contributed by atoms with Gasteiger partial charge in [0.15, 0.2) is 0 Å². The van der Waals surface area contributed by atoms with E-state index in [0.717, 1.165) is 21.2 Å². The van der Waals surface area contributed by atoms with Crippen molar-refractivity contribution >= 4 is 27.5 Å². The van der Waals surface area contributed by atoms with Crippen LogP contribution in [-0.4, -0.2) is 0 Å². The molecule has 0 aromatic heterocycles. The van der Waals surface area contributed by atoms with Crippen molar-refractivity contribution in [3.05, 3.63) is 68.4 Å². The fourth-order valence-electron chi connectivity index (χ4n) is 1.87. The molecule has 0 aliphatic rings. The van der Waals surface area contributed by atoms with Gasteiger partial charge < -0.3 is 5.73 Å². The SMILES string of the molecule is Cc1ccc(F)cc1C(N)c1ccc(Br)cc1Cl. The molecule has 4 heteroatoms. The van der Waals surface area contributed by atoms with Gasteiger partial charge in [-0.25, -0.2) is 4.39 Å². The Labute approximate surface area is 119 Å². The van der Waals surface area contributed by atoms with Gasteiger partial charge in [0, 0.05) is 9.50 Å². The summed E-state index contributed by atoms with van der Waals surface area (Å²) in [5, 5.41) is 0.570. The molecule has 0 heterocycles. The monoisotopic (exact) mass is 327 g/mol. The molecular weight excluding hydrogens is 317 g/mol. The smallest absolute Gasteiger partial charge is 0.123 e. The molecule has 94 valence electrons. The van der Waals surface area contributed by atoms with Gasteiger partial charge in [-0.15, -0.1) is 0 Å². The van der Waals surface area contributed by atoms with Gasteiger partial charge in [-0.2, -0.15) is 0 Å². The van der Waals surface area contributed by atoms with E-state index in [0.29, 0.717) is 5.02 Å². The summed E-state index contributed by atoms with van der Waals surface area (Å²) in [4.78, 5) is 0. The lowest BCUT2D eigenvalue weighted by molar-refractivity contribution is 0.622. The van der Waals surface area contributed by atoms with Gasteiger partial charge in [-0.05, 0) is 47.9 Å². The molecule has 0 saturated heterocycles. The average molecular weight is 329 g/mol. The first kappa shape index (κ1) is 13.5. The van der Waals surface area contributed by atoms with Crippen LogP contribution in [0, 0.1) is 12.7 Å². The van der Waals surface area contributed by atoms with E-state index in [1.807, 2.05) is 19.1 Å². The Bertz CT molecular complexity index is 586. The summed E-state index contributed by atoms with van der Waals surface area (Å²) in [5.74, 6) is -0.292. The van der Waals surface area contributed by atoms with Gasteiger partial charge in [-0.1, -0.05) is 39.7 Å². The molecule has 0 bridgehead atoms. The van der Waals surface area contributed by atoms with Crippen LogP contribution in [0.5, 0.6) is 0 Å². The van der Waals surface area contributed by atoms with Crippen molar-refractivity contribution in [3.8, 4) is 0 Å². The quantitative estimate of drug-likeness (QED) is 0.856. The molecule has 0 fully saturated rings. The molecule has 0 aliphatic heterocycles. The minimum Gasteiger partial charge on any atom is -0.320 e. The molecule has 2 aromatic rings. The number of rotatable bonds is 2. The third-order valence-electron chi connectivity index (χ3n) is 2.87. The zero-order chi connectivity index (χ0) is 13.3. The van der Waals surface area contributed by atoms with E-state index in [9.17, 15) is 4.39 Å². The Morgan fingerprint density at radius 1 is 1.17 bits per heavy atom. The number of hydrogen-bond acceptors (Lipinski definition) is 1. The fraction of sp³-hybridized carbons (Fsp3) is 0.143. The van der Waals surface area contributed by atoms with E-state index in [1.54, 1.807) is 12.1 Å². The van der Waals surface area contributed by atoms with E-state index < -0.39 is 6.04 Å². The number of hydrogen-bond donors (Lipinski definition) is 1. The zero-order valence-corrected chi connectivity index (χ0v) is 12.1. The molecule has 0 spiro atoms. The molecule has 2 N–H and O–H groups in total. The highest BCUT2D eigenvalue weighted by molar-refractivity contribution is 9.10. The average Bonchev–Trinajstić information content (AvgIpc) is 2.31. The lowest BCUT2D eigenvalue weighted by Gasteiger charge is -2.17. The molecule has 0 aliphatic carbocycles.